The predicted octanol–water partition coefficient (Wildman–Crippen LogP) is 2.44. The highest BCUT2D eigenvalue weighted by atomic mass is 16.5. The van der Waals surface area contributed by atoms with Crippen LogP contribution in [0.3, 0.4) is 0 Å². The van der Waals surface area contributed by atoms with Crippen LogP contribution in [0.4, 0.5) is 0 Å². The first kappa shape index (κ1) is 14.9. The standard InChI is InChI=1S/C14H25N3O/c1-3-4-5-6-7-13(17-15)10-12-8-9-14(18-2)16-11-12/h8-9,11,13,17H,3-7,10,15H2,1-2H3. The zero-order valence-corrected chi connectivity index (χ0v) is 11.5. The van der Waals surface area contributed by atoms with E-state index in [4.69, 9.17) is 10.6 Å². The van der Waals surface area contributed by atoms with Crippen LogP contribution in [-0.4, -0.2) is 18.1 Å². The number of aromatic nitrogens is 1. The summed E-state index contributed by atoms with van der Waals surface area (Å²) in [7, 11) is 1.62. The zero-order chi connectivity index (χ0) is 13.2. The first-order valence-corrected chi connectivity index (χ1v) is 6.75. The minimum atomic E-state index is 0.331. The number of pyridine rings is 1. The summed E-state index contributed by atoms with van der Waals surface area (Å²) in [6.07, 6.45) is 8.98. The third-order valence-corrected chi connectivity index (χ3v) is 3.13. The van der Waals surface area contributed by atoms with Gasteiger partial charge in [0, 0.05) is 18.3 Å². The summed E-state index contributed by atoms with van der Waals surface area (Å²) in [6.45, 7) is 2.22. The Labute approximate surface area is 110 Å². The third-order valence-electron chi connectivity index (χ3n) is 3.13. The SMILES string of the molecule is CCCCCCC(Cc1ccc(OC)nc1)NN. The van der Waals surface area contributed by atoms with Crippen molar-refractivity contribution in [3.05, 3.63) is 23.9 Å². The molecule has 0 fully saturated rings. The van der Waals surface area contributed by atoms with Crippen molar-refractivity contribution in [3.8, 4) is 5.88 Å². The molecule has 1 atom stereocenters. The molecule has 0 aliphatic rings. The van der Waals surface area contributed by atoms with Crippen molar-refractivity contribution in [2.45, 2.75) is 51.5 Å². The van der Waals surface area contributed by atoms with Gasteiger partial charge in [-0.3, -0.25) is 11.3 Å². The maximum Gasteiger partial charge on any atom is 0.212 e. The fourth-order valence-electron chi connectivity index (χ4n) is 2.00. The van der Waals surface area contributed by atoms with E-state index in [0.717, 1.165) is 12.8 Å². The summed E-state index contributed by atoms with van der Waals surface area (Å²) < 4.78 is 5.04. The van der Waals surface area contributed by atoms with E-state index in [1.807, 2.05) is 18.3 Å². The van der Waals surface area contributed by atoms with Gasteiger partial charge >= 0.3 is 0 Å². The summed E-state index contributed by atoms with van der Waals surface area (Å²) >= 11 is 0. The van der Waals surface area contributed by atoms with Gasteiger partial charge in [-0.1, -0.05) is 38.7 Å². The lowest BCUT2D eigenvalue weighted by molar-refractivity contribution is 0.397. The normalized spacial score (nSPS) is 12.4. The second kappa shape index (κ2) is 8.89. The summed E-state index contributed by atoms with van der Waals surface area (Å²) in [5.41, 5.74) is 4.09. The maximum absolute atomic E-state index is 5.60. The van der Waals surface area contributed by atoms with Crippen molar-refractivity contribution >= 4 is 0 Å². The van der Waals surface area contributed by atoms with Gasteiger partial charge < -0.3 is 4.74 Å². The van der Waals surface area contributed by atoms with Crippen LogP contribution in [0.1, 0.15) is 44.6 Å². The van der Waals surface area contributed by atoms with Crippen molar-refractivity contribution in [2.24, 2.45) is 5.84 Å². The van der Waals surface area contributed by atoms with E-state index >= 15 is 0 Å². The molecule has 1 heterocycles. The molecule has 1 unspecified atom stereocenters. The number of hydrogen-bond acceptors (Lipinski definition) is 4. The number of methoxy groups -OCH3 is 1. The van der Waals surface area contributed by atoms with E-state index in [0.29, 0.717) is 11.9 Å². The molecule has 3 N–H and O–H groups in total. The lowest BCUT2D eigenvalue weighted by atomic mass is 10.0. The number of nitrogens with zero attached hydrogens (tertiary/aromatic N) is 1. The van der Waals surface area contributed by atoms with Crippen molar-refractivity contribution in [2.75, 3.05) is 7.11 Å². The Morgan fingerprint density at radius 1 is 1.33 bits per heavy atom. The summed E-state index contributed by atoms with van der Waals surface area (Å²) in [5.74, 6) is 6.25. The van der Waals surface area contributed by atoms with E-state index in [1.54, 1.807) is 7.11 Å². The van der Waals surface area contributed by atoms with E-state index < -0.39 is 0 Å². The molecule has 0 bridgehead atoms. The molecule has 0 aliphatic heterocycles. The van der Waals surface area contributed by atoms with Crippen molar-refractivity contribution in [1.82, 2.24) is 10.4 Å². The molecule has 0 saturated heterocycles. The minimum absolute atomic E-state index is 0.331. The molecule has 1 aromatic heterocycles. The van der Waals surface area contributed by atoms with Crippen LogP contribution < -0.4 is 16.0 Å². The van der Waals surface area contributed by atoms with Crippen LogP contribution in [-0.2, 0) is 6.42 Å². The minimum Gasteiger partial charge on any atom is -0.481 e. The van der Waals surface area contributed by atoms with Crippen LogP contribution >= 0.6 is 0 Å². The molecule has 0 saturated carbocycles. The Morgan fingerprint density at radius 3 is 2.72 bits per heavy atom. The first-order valence-electron chi connectivity index (χ1n) is 6.75. The van der Waals surface area contributed by atoms with Gasteiger partial charge in [0.15, 0.2) is 0 Å². The summed E-state index contributed by atoms with van der Waals surface area (Å²) in [4.78, 5) is 4.20. The van der Waals surface area contributed by atoms with Gasteiger partial charge in [0.2, 0.25) is 5.88 Å². The van der Waals surface area contributed by atoms with Gasteiger partial charge in [0.25, 0.3) is 0 Å². The van der Waals surface area contributed by atoms with Crippen molar-refractivity contribution in [1.29, 1.82) is 0 Å². The van der Waals surface area contributed by atoms with Gasteiger partial charge in [-0.15, -0.1) is 0 Å². The molecule has 0 aliphatic carbocycles. The second-order valence-electron chi connectivity index (χ2n) is 4.63. The number of unbranched alkanes of at least 4 members (excludes halogenated alkanes) is 3. The molecular formula is C14H25N3O. The molecule has 4 heteroatoms. The smallest absolute Gasteiger partial charge is 0.212 e. The Morgan fingerprint density at radius 2 is 2.17 bits per heavy atom. The third kappa shape index (κ3) is 5.47. The summed E-state index contributed by atoms with van der Waals surface area (Å²) in [6, 6.07) is 4.26. The van der Waals surface area contributed by atoms with E-state index in [9.17, 15) is 0 Å². The van der Waals surface area contributed by atoms with Gasteiger partial charge in [0.1, 0.15) is 0 Å². The lowest BCUT2D eigenvalue weighted by Gasteiger charge is -2.15. The quantitative estimate of drug-likeness (QED) is 0.402. The number of nitrogens with one attached hydrogen (secondary N) is 1. The fraction of sp³-hybridized carbons (Fsp3) is 0.643. The maximum atomic E-state index is 5.60. The molecule has 102 valence electrons. The topological polar surface area (TPSA) is 60.2 Å². The highest BCUT2D eigenvalue weighted by Gasteiger charge is 2.07. The summed E-state index contributed by atoms with van der Waals surface area (Å²) in [5, 5.41) is 0. The average molecular weight is 251 g/mol. The van der Waals surface area contributed by atoms with E-state index in [-0.39, 0.29) is 0 Å². The largest absolute Gasteiger partial charge is 0.481 e. The van der Waals surface area contributed by atoms with Crippen LogP contribution in [0, 0.1) is 0 Å². The van der Waals surface area contributed by atoms with E-state index in [2.05, 4.69) is 17.3 Å². The average Bonchev–Trinajstić information content (AvgIpc) is 2.43. The Kier molecular flexibility index (Phi) is 7.37. The van der Waals surface area contributed by atoms with Gasteiger partial charge in [0.05, 0.1) is 7.11 Å². The Bertz CT molecular complexity index is 313. The highest BCUT2D eigenvalue weighted by Crippen LogP contribution is 2.12. The molecule has 0 radical (unpaired) electrons. The number of hydrogen-bond donors (Lipinski definition) is 2. The molecular weight excluding hydrogens is 226 g/mol. The van der Waals surface area contributed by atoms with E-state index in [1.165, 1.54) is 31.2 Å². The van der Waals surface area contributed by atoms with Crippen LogP contribution in [0.15, 0.2) is 18.3 Å². The fourth-order valence-corrected chi connectivity index (χ4v) is 2.00. The number of ether oxygens (including phenoxy) is 1. The number of hydrazine groups is 1. The molecule has 0 amide bonds. The lowest BCUT2D eigenvalue weighted by Crippen LogP contribution is -2.36. The van der Waals surface area contributed by atoms with Crippen molar-refractivity contribution in [3.63, 3.8) is 0 Å². The molecule has 0 spiro atoms. The molecule has 18 heavy (non-hydrogen) atoms. The molecule has 0 aromatic carbocycles. The van der Waals surface area contributed by atoms with Gasteiger partial charge in [-0.2, -0.15) is 0 Å². The van der Waals surface area contributed by atoms with Crippen LogP contribution in [0.25, 0.3) is 0 Å². The Hall–Kier alpha value is -1.13. The zero-order valence-electron chi connectivity index (χ0n) is 11.5. The van der Waals surface area contributed by atoms with Crippen LogP contribution in [0.2, 0.25) is 0 Å². The second-order valence-corrected chi connectivity index (χ2v) is 4.63. The highest BCUT2D eigenvalue weighted by molar-refractivity contribution is 5.18. The predicted molar refractivity (Wildman–Crippen MR) is 74.4 cm³/mol. The van der Waals surface area contributed by atoms with Crippen LogP contribution in [0.5, 0.6) is 5.88 Å². The van der Waals surface area contributed by atoms with Gasteiger partial charge in [-0.05, 0) is 18.4 Å². The Balaban J connectivity index is 2.36. The molecule has 1 aromatic rings. The molecule has 4 nitrogen and oxygen atoms in total. The molecule has 1 rings (SSSR count). The first-order chi connectivity index (χ1) is 8.80. The van der Waals surface area contributed by atoms with Gasteiger partial charge in [-0.25, -0.2) is 4.98 Å². The number of rotatable bonds is 9. The number of nitrogens with two attached hydrogens (primary N) is 1. The van der Waals surface area contributed by atoms with Crippen molar-refractivity contribution < 1.29 is 4.74 Å². The monoisotopic (exact) mass is 251 g/mol.